The maximum atomic E-state index is 13.1. The standard InChI is InChI=1S/C23H27N3O2S/c1-23(2,3)22(28)26(13-15-9-5-4-6-10-15)14-18-24-20(27)19-16-11-7-8-12-17(16)29-21(19)25-18/h4-6,9-10H,7-8,11-14H2,1-3H3,(H,24,25,27). The van der Waals surface area contributed by atoms with Crippen molar-refractivity contribution in [2.75, 3.05) is 0 Å². The van der Waals surface area contributed by atoms with Crippen LogP contribution in [0.5, 0.6) is 0 Å². The highest BCUT2D eigenvalue weighted by molar-refractivity contribution is 7.18. The van der Waals surface area contributed by atoms with Gasteiger partial charge in [-0.25, -0.2) is 4.98 Å². The number of fused-ring (bicyclic) bond motifs is 3. The fourth-order valence-corrected chi connectivity index (χ4v) is 5.22. The van der Waals surface area contributed by atoms with Gasteiger partial charge in [-0.3, -0.25) is 9.59 Å². The van der Waals surface area contributed by atoms with Gasteiger partial charge in [-0.05, 0) is 36.8 Å². The monoisotopic (exact) mass is 409 g/mol. The molecule has 0 unspecified atom stereocenters. The van der Waals surface area contributed by atoms with Crippen LogP contribution in [0.2, 0.25) is 0 Å². The van der Waals surface area contributed by atoms with E-state index in [0.717, 1.165) is 35.0 Å². The van der Waals surface area contributed by atoms with E-state index in [4.69, 9.17) is 4.98 Å². The molecule has 1 N–H and O–H groups in total. The van der Waals surface area contributed by atoms with Gasteiger partial charge in [0.25, 0.3) is 5.56 Å². The molecule has 0 saturated heterocycles. The number of carbonyl (C=O) groups is 1. The van der Waals surface area contributed by atoms with Crippen LogP contribution in [0.25, 0.3) is 10.2 Å². The van der Waals surface area contributed by atoms with E-state index in [0.29, 0.717) is 18.9 Å². The van der Waals surface area contributed by atoms with Crippen molar-refractivity contribution < 1.29 is 4.79 Å². The summed E-state index contributed by atoms with van der Waals surface area (Å²) in [6.07, 6.45) is 4.30. The third-order valence-corrected chi connectivity index (χ3v) is 6.55. The summed E-state index contributed by atoms with van der Waals surface area (Å²) in [4.78, 5) is 37.5. The summed E-state index contributed by atoms with van der Waals surface area (Å²) in [5, 5.41) is 0.755. The number of nitrogens with one attached hydrogen (secondary N) is 1. The molecule has 1 aromatic carbocycles. The molecular formula is C23H27N3O2S. The van der Waals surface area contributed by atoms with Crippen LogP contribution in [-0.4, -0.2) is 20.8 Å². The highest BCUT2D eigenvalue weighted by atomic mass is 32.1. The molecule has 5 nitrogen and oxygen atoms in total. The number of rotatable bonds is 4. The number of H-pyrrole nitrogens is 1. The number of thiophene rings is 1. The van der Waals surface area contributed by atoms with Crippen molar-refractivity contribution in [3.8, 4) is 0 Å². The Hall–Kier alpha value is -2.47. The van der Waals surface area contributed by atoms with E-state index < -0.39 is 5.41 Å². The van der Waals surface area contributed by atoms with Gasteiger partial charge in [0.15, 0.2) is 0 Å². The molecule has 0 bridgehead atoms. The Morgan fingerprint density at radius 3 is 2.59 bits per heavy atom. The van der Waals surface area contributed by atoms with Crippen LogP contribution in [0.3, 0.4) is 0 Å². The second-order valence-electron chi connectivity index (χ2n) is 8.80. The van der Waals surface area contributed by atoms with Crippen LogP contribution in [-0.2, 0) is 30.7 Å². The van der Waals surface area contributed by atoms with E-state index >= 15 is 0 Å². The average molecular weight is 410 g/mol. The molecule has 6 heteroatoms. The summed E-state index contributed by atoms with van der Waals surface area (Å²) in [6.45, 7) is 6.53. The maximum Gasteiger partial charge on any atom is 0.259 e. The summed E-state index contributed by atoms with van der Waals surface area (Å²) in [5.74, 6) is 0.587. The van der Waals surface area contributed by atoms with Crippen LogP contribution in [0.4, 0.5) is 0 Å². The van der Waals surface area contributed by atoms with Crippen molar-refractivity contribution in [1.29, 1.82) is 0 Å². The zero-order valence-electron chi connectivity index (χ0n) is 17.2. The molecule has 0 atom stereocenters. The van der Waals surface area contributed by atoms with Crippen LogP contribution in [0, 0.1) is 5.41 Å². The lowest BCUT2D eigenvalue weighted by Gasteiger charge is -2.29. The smallest absolute Gasteiger partial charge is 0.259 e. The molecule has 0 saturated carbocycles. The molecule has 0 aliphatic heterocycles. The number of amides is 1. The second-order valence-corrected chi connectivity index (χ2v) is 9.88. The predicted molar refractivity (Wildman–Crippen MR) is 117 cm³/mol. The molecule has 4 rings (SSSR count). The van der Waals surface area contributed by atoms with Crippen molar-refractivity contribution in [3.05, 3.63) is 62.5 Å². The van der Waals surface area contributed by atoms with Gasteiger partial charge in [-0.2, -0.15) is 0 Å². The van der Waals surface area contributed by atoms with Crippen molar-refractivity contribution in [2.24, 2.45) is 5.41 Å². The summed E-state index contributed by atoms with van der Waals surface area (Å²) in [5.41, 5.74) is 1.65. The maximum absolute atomic E-state index is 13.1. The minimum absolute atomic E-state index is 0.0366. The minimum Gasteiger partial charge on any atom is -0.330 e. The van der Waals surface area contributed by atoms with Gasteiger partial charge in [0.2, 0.25) is 5.91 Å². The zero-order chi connectivity index (χ0) is 20.6. The Bertz CT molecular complexity index is 1090. The van der Waals surface area contributed by atoms with E-state index in [2.05, 4.69) is 4.98 Å². The van der Waals surface area contributed by atoms with E-state index in [-0.39, 0.29) is 11.5 Å². The third-order valence-electron chi connectivity index (χ3n) is 5.36. The zero-order valence-corrected chi connectivity index (χ0v) is 18.1. The lowest BCUT2D eigenvalue weighted by atomic mass is 9.94. The normalized spacial score (nSPS) is 14.0. The number of carbonyl (C=O) groups excluding carboxylic acids is 1. The highest BCUT2D eigenvalue weighted by Crippen LogP contribution is 2.33. The number of aromatic amines is 1. The van der Waals surface area contributed by atoms with Gasteiger partial charge in [0, 0.05) is 16.8 Å². The highest BCUT2D eigenvalue weighted by Gasteiger charge is 2.28. The quantitative estimate of drug-likeness (QED) is 0.693. The van der Waals surface area contributed by atoms with Crippen LogP contribution in [0.1, 0.15) is 55.4 Å². The van der Waals surface area contributed by atoms with Crippen molar-refractivity contribution in [3.63, 3.8) is 0 Å². The fourth-order valence-electron chi connectivity index (χ4n) is 3.94. The molecule has 1 aliphatic carbocycles. The first kappa shape index (κ1) is 19.8. The molecule has 1 amide bonds. The summed E-state index contributed by atoms with van der Waals surface area (Å²) in [7, 11) is 0. The lowest BCUT2D eigenvalue weighted by molar-refractivity contribution is -0.140. The number of benzene rings is 1. The van der Waals surface area contributed by atoms with Gasteiger partial charge in [-0.1, -0.05) is 51.1 Å². The molecular weight excluding hydrogens is 382 g/mol. The molecule has 0 fully saturated rings. The molecule has 1 aliphatic rings. The first-order valence-corrected chi connectivity index (χ1v) is 11.0. The summed E-state index contributed by atoms with van der Waals surface area (Å²) in [6, 6.07) is 9.92. The number of aromatic nitrogens is 2. The largest absolute Gasteiger partial charge is 0.330 e. The Morgan fingerprint density at radius 1 is 1.14 bits per heavy atom. The molecule has 3 aromatic rings. The van der Waals surface area contributed by atoms with Gasteiger partial charge in [0.1, 0.15) is 10.7 Å². The summed E-state index contributed by atoms with van der Waals surface area (Å²) >= 11 is 1.64. The number of nitrogens with zero attached hydrogens (tertiary/aromatic N) is 2. The van der Waals surface area contributed by atoms with E-state index in [1.807, 2.05) is 51.1 Å². The number of hydrogen-bond acceptors (Lipinski definition) is 4. The molecule has 29 heavy (non-hydrogen) atoms. The van der Waals surface area contributed by atoms with E-state index in [1.165, 1.54) is 16.9 Å². The van der Waals surface area contributed by atoms with Crippen molar-refractivity contribution in [1.82, 2.24) is 14.9 Å². The Morgan fingerprint density at radius 2 is 1.86 bits per heavy atom. The van der Waals surface area contributed by atoms with Crippen LogP contribution >= 0.6 is 11.3 Å². The average Bonchev–Trinajstić information content (AvgIpc) is 3.05. The molecule has 0 spiro atoms. The minimum atomic E-state index is -0.513. The van der Waals surface area contributed by atoms with Crippen molar-refractivity contribution >= 4 is 27.5 Å². The van der Waals surface area contributed by atoms with E-state index in [1.54, 1.807) is 16.2 Å². The Kier molecular flexibility index (Phi) is 5.30. The molecule has 152 valence electrons. The topological polar surface area (TPSA) is 66.1 Å². The Balaban J connectivity index is 1.68. The number of hydrogen-bond donors (Lipinski definition) is 1. The predicted octanol–water partition coefficient (Wildman–Crippen LogP) is 4.44. The van der Waals surface area contributed by atoms with Gasteiger partial charge in [-0.15, -0.1) is 11.3 Å². The van der Waals surface area contributed by atoms with Gasteiger partial charge in [0.05, 0.1) is 11.9 Å². The fraction of sp³-hybridized carbons (Fsp3) is 0.435. The summed E-state index contributed by atoms with van der Waals surface area (Å²) < 4.78 is 0. The first-order chi connectivity index (χ1) is 13.8. The van der Waals surface area contributed by atoms with E-state index in [9.17, 15) is 9.59 Å². The lowest BCUT2D eigenvalue weighted by Crippen LogP contribution is -2.39. The van der Waals surface area contributed by atoms with Crippen LogP contribution in [0.15, 0.2) is 35.1 Å². The van der Waals surface area contributed by atoms with Gasteiger partial charge >= 0.3 is 0 Å². The Labute approximate surface area is 174 Å². The SMILES string of the molecule is CC(C)(C)C(=O)N(Cc1ccccc1)Cc1nc2sc3c(c2c(=O)[nH]1)CCCC3. The molecule has 2 aromatic heterocycles. The second kappa shape index (κ2) is 7.75. The third kappa shape index (κ3) is 4.13. The van der Waals surface area contributed by atoms with Crippen LogP contribution < -0.4 is 5.56 Å². The van der Waals surface area contributed by atoms with Gasteiger partial charge < -0.3 is 9.88 Å². The molecule has 2 heterocycles. The number of aryl methyl sites for hydroxylation is 2. The van der Waals surface area contributed by atoms with Crippen molar-refractivity contribution in [2.45, 2.75) is 59.5 Å². The first-order valence-electron chi connectivity index (χ1n) is 10.2. The molecule has 0 radical (unpaired) electrons.